The second-order valence-electron chi connectivity index (χ2n) is 1.93. The van der Waals surface area contributed by atoms with Crippen molar-refractivity contribution >= 4 is 6.29 Å². The Balaban J connectivity index is 2.69. The van der Waals surface area contributed by atoms with Gasteiger partial charge >= 0.3 is 0 Å². The van der Waals surface area contributed by atoms with E-state index in [4.69, 9.17) is 4.74 Å². The number of ether oxygens (including phenoxy) is 1. The minimum absolute atomic E-state index is 0.422. The van der Waals surface area contributed by atoms with Gasteiger partial charge in [0.15, 0.2) is 0 Å². The fourth-order valence-corrected chi connectivity index (χ4v) is 0.591. The molecular weight excluding hydrogens is 116 g/mol. The highest BCUT2D eigenvalue weighted by Gasteiger charge is 1.99. The molecule has 2 nitrogen and oxygen atoms in total. The van der Waals surface area contributed by atoms with Crippen LogP contribution >= 0.6 is 0 Å². The first-order valence-electron chi connectivity index (χ1n) is 2.78. The molecule has 48 valence electrons. The van der Waals surface area contributed by atoms with E-state index in [0.717, 1.165) is 12.0 Å². The molecule has 0 N–H and O–H groups in total. The number of hydrogen-bond acceptors (Lipinski definition) is 2. The fourth-order valence-electron chi connectivity index (χ4n) is 0.591. The van der Waals surface area contributed by atoms with Gasteiger partial charge in [-0.3, -0.25) is 4.79 Å². The Morgan fingerprint density at radius 2 is 2.44 bits per heavy atom. The van der Waals surface area contributed by atoms with Crippen LogP contribution in [-0.2, 0) is 9.53 Å². The number of hydrogen-bond donors (Lipinski definition) is 0. The molecule has 1 aliphatic rings. The molecule has 0 atom stereocenters. The van der Waals surface area contributed by atoms with Crippen LogP contribution < -0.4 is 0 Å². The maximum absolute atomic E-state index is 10.1. The quantitative estimate of drug-likeness (QED) is 0.488. The molecule has 0 radical (unpaired) electrons. The van der Waals surface area contributed by atoms with E-state index < -0.39 is 0 Å². The molecule has 0 spiro atoms. The van der Waals surface area contributed by atoms with Gasteiger partial charge in [-0.05, 0) is 19.1 Å². The highest BCUT2D eigenvalue weighted by Crippen LogP contribution is 2.06. The molecule has 0 unspecified atom stereocenters. The summed E-state index contributed by atoms with van der Waals surface area (Å²) < 4.78 is 5.04. The smallest absolute Gasteiger partial charge is 0.149 e. The molecule has 0 aromatic carbocycles. The van der Waals surface area contributed by atoms with Crippen LogP contribution in [0, 0.1) is 0 Å². The van der Waals surface area contributed by atoms with Crippen molar-refractivity contribution in [3.05, 3.63) is 23.5 Å². The molecule has 0 fully saturated rings. The average molecular weight is 124 g/mol. The van der Waals surface area contributed by atoms with Crippen LogP contribution in [0.1, 0.15) is 6.92 Å². The van der Waals surface area contributed by atoms with E-state index in [-0.39, 0.29) is 0 Å². The van der Waals surface area contributed by atoms with Gasteiger partial charge in [0.1, 0.15) is 12.9 Å². The summed E-state index contributed by atoms with van der Waals surface area (Å²) in [7, 11) is 0. The minimum atomic E-state index is 0.422. The molecule has 0 aromatic heterocycles. The second-order valence-corrected chi connectivity index (χ2v) is 1.93. The van der Waals surface area contributed by atoms with E-state index in [2.05, 4.69) is 0 Å². The van der Waals surface area contributed by atoms with Crippen molar-refractivity contribution in [3.63, 3.8) is 0 Å². The molecule has 9 heavy (non-hydrogen) atoms. The lowest BCUT2D eigenvalue weighted by molar-refractivity contribution is -0.105. The van der Waals surface area contributed by atoms with Gasteiger partial charge in [-0.2, -0.15) is 0 Å². The molecule has 0 bridgehead atoms. The van der Waals surface area contributed by atoms with Crippen LogP contribution in [-0.4, -0.2) is 12.9 Å². The topological polar surface area (TPSA) is 26.3 Å². The zero-order chi connectivity index (χ0) is 6.69. The molecule has 0 saturated heterocycles. The van der Waals surface area contributed by atoms with Gasteiger partial charge in [-0.25, -0.2) is 0 Å². The SMILES string of the molecule is CC1=CC=C(C=O)CO1. The lowest BCUT2D eigenvalue weighted by Gasteiger charge is -2.08. The molecule has 0 amide bonds. The summed E-state index contributed by atoms with van der Waals surface area (Å²) in [5.41, 5.74) is 0.695. The normalized spacial score (nSPS) is 17.4. The van der Waals surface area contributed by atoms with Crippen LogP contribution in [0.15, 0.2) is 23.5 Å². The maximum atomic E-state index is 10.1. The number of carbonyl (C=O) groups excluding carboxylic acids is 1. The Bertz CT molecular complexity index is 177. The van der Waals surface area contributed by atoms with E-state index in [1.807, 2.05) is 6.92 Å². The maximum Gasteiger partial charge on any atom is 0.149 e. The summed E-state index contributed by atoms with van der Waals surface area (Å²) in [6.07, 6.45) is 4.36. The molecule has 2 heteroatoms. The van der Waals surface area contributed by atoms with E-state index in [0.29, 0.717) is 12.2 Å². The summed E-state index contributed by atoms with van der Waals surface area (Å²) in [5, 5.41) is 0. The van der Waals surface area contributed by atoms with Crippen molar-refractivity contribution in [1.82, 2.24) is 0 Å². The lowest BCUT2D eigenvalue weighted by Crippen LogP contribution is -2.01. The average Bonchev–Trinajstić information content (AvgIpc) is 1.90. The van der Waals surface area contributed by atoms with Crippen LogP contribution in [0.4, 0.5) is 0 Å². The number of carbonyl (C=O) groups is 1. The Hall–Kier alpha value is -1.05. The predicted molar refractivity (Wildman–Crippen MR) is 33.9 cm³/mol. The molecule has 0 aliphatic carbocycles. The first-order valence-corrected chi connectivity index (χ1v) is 2.78. The van der Waals surface area contributed by atoms with Crippen LogP contribution in [0.5, 0.6) is 0 Å². The van der Waals surface area contributed by atoms with Crippen molar-refractivity contribution in [1.29, 1.82) is 0 Å². The van der Waals surface area contributed by atoms with Crippen LogP contribution in [0.25, 0.3) is 0 Å². The third kappa shape index (κ3) is 1.42. The highest BCUT2D eigenvalue weighted by molar-refractivity contribution is 5.74. The first kappa shape index (κ1) is 6.08. The second kappa shape index (κ2) is 2.49. The molecule has 0 saturated carbocycles. The van der Waals surface area contributed by atoms with Gasteiger partial charge in [0.05, 0.1) is 5.76 Å². The summed E-state index contributed by atoms with van der Waals surface area (Å²) in [6.45, 7) is 2.28. The Labute approximate surface area is 53.8 Å². The van der Waals surface area contributed by atoms with Crippen LogP contribution in [0.3, 0.4) is 0 Å². The monoisotopic (exact) mass is 124 g/mol. The summed E-state index contributed by atoms with van der Waals surface area (Å²) in [4.78, 5) is 10.1. The predicted octanol–water partition coefficient (Wildman–Crippen LogP) is 1.05. The van der Waals surface area contributed by atoms with E-state index in [1.54, 1.807) is 12.2 Å². The molecule has 1 rings (SSSR count). The van der Waals surface area contributed by atoms with Gasteiger partial charge in [0.2, 0.25) is 0 Å². The van der Waals surface area contributed by atoms with Crippen molar-refractivity contribution in [2.45, 2.75) is 6.92 Å². The lowest BCUT2D eigenvalue weighted by atomic mass is 10.2. The number of rotatable bonds is 1. The van der Waals surface area contributed by atoms with Gasteiger partial charge in [-0.1, -0.05) is 0 Å². The zero-order valence-electron chi connectivity index (χ0n) is 5.26. The van der Waals surface area contributed by atoms with Crippen molar-refractivity contribution < 1.29 is 9.53 Å². The third-order valence-electron chi connectivity index (χ3n) is 1.15. The van der Waals surface area contributed by atoms with E-state index in [1.165, 1.54) is 0 Å². The van der Waals surface area contributed by atoms with E-state index >= 15 is 0 Å². The summed E-state index contributed by atoms with van der Waals surface area (Å²) in [5.74, 6) is 0.862. The van der Waals surface area contributed by atoms with E-state index in [9.17, 15) is 4.79 Å². The third-order valence-corrected chi connectivity index (χ3v) is 1.15. The standard InChI is InChI=1S/C7H8O2/c1-6-2-3-7(4-8)5-9-6/h2-4H,5H2,1H3. The van der Waals surface area contributed by atoms with Crippen molar-refractivity contribution in [2.24, 2.45) is 0 Å². The largest absolute Gasteiger partial charge is 0.493 e. The molecular formula is C7H8O2. The van der Waals surface area contributed by atoms with Gasteiger partial charge in [-0.15, -0.1) is 0 Å². The number of allylic oxidation sites excluding steroid dienone is 3. The first-order chi connectivity index (χ1) is 4.33. The van der Waals surface area contributed by atoms with Crippen LogP contribution in [0.2, 0.25) is 0 Å². The van der Waals surface area contributed by atoms with Crippen molar-refractivity contribution in [3.8, 4) is 0 Å². The molecule has 0 aromatic rings. The molecule has 1 heterocycles. The Kier molecular flexibility index (Phi) is 1.68. The minimum Gasteiger partial charge on any atom is -0.493 e. The molecule has 1 aliphatic heterocycles. The fraction of sp³-hybridized carbons (Fsp3) is 0.286. The number of aldehydes is 1. The van der Waals surface area contributed by atoms with Gasteiger partial charge < -0.3 is 4.74 Å². The Morgan fingerprint density at radius 1 is 1.67 bits per heavy atom. The highest BCUT2D eigenvalue weighted by atomic mass is 16.5. The zero-order valence-corrected chi connectivity index (χ0v) is 5.26. The van der Waals surface area contributed by atoms with Crippen molar-refractivity contribution in [2.75, 3.05) is 6.61 Å². The summed E-state index contributed by atoms with van der Waals surface area (Å²) >= 11 is 0. The van der Waals surface area contributed by atoms with Gasteiger partial charge in [0, 0.05) is 5.57 Å². The Morgan fingerprint density at radius 3 is 2.89 bits per heavy atom. The van der Waals surface area contributed by atoms with Gasteiger partial charge in [0.25, 0.3) is 0 Å². The summed E-state index contributed by atoms with van der Waals surface area (Å²) in [6, 6.07) is 0.